The summed E-state index contributed by atoms with van der Waals surface area (Å²) >= 11 is 0. The Labute approximate surface area is 150 Å². The summed E-state index contributed by atoms with van der Waals surface area (Å²) in [4.78, 5) is 39.9. The van der Waals surface area contributed by atoms with Crippen LogP contribution in [0, 0.1) is 12.0 Å². The van der Waals surface area contributed by atoms with Crippen molar-refractivity contribution in [3.05, 3.63) is 58.1 Å². The van der Waals surface area contributed by atoms with Gasteiger partial charge >= 0.3 is 11.7 Å². The van der Waals surface area contributed by atoms with E-state index in [1.54, 1.807) is 44.3 Å². The van der Waals surface area contributed by atoms with Crippen molar-refractivity contribution < 1.29 is 14.3 Å². The summed E-state index contributed by atoms with van der Waals surface area (Å²) in [5.74, 6) is 1.77. The lowest BCUT2D eigenvalue weighted by atomic mass is 10.2. The Hall–Kier alpha value is -3.60. The van der Waals surface area contributed by atoms with Crippen LogP contribution in [0.3, 0.4) is 0 Å². The Morgan fingerprint density at radius 3 is 2.65 bits per heavy atom. The van der Waals surface area contributed by atoms with Crippen LogP contribution in [0.4, 0.5) is 5.82 Å². The molecule has 0 aliphatic rings. The highest BCUT2D eigenvalue weighted by atomic mass is 16.5. The van der Waals surface area contributed by atoms with Crippen molar-refractivity contribution in [3.8, 4) is 12.0 Å². The number of nitrogens with zero attached hydrogens (tertiary/aromatic N) is 2. The molecule has 2 N–H and O–H groups in total. The fourth-order valence-electron chi connectivity index (χ4n) is 2.04. The second kappa shape index (κ2) is 9.03. The van der Waals surface area contributed by atoms with Crippen molar-refractivity contribution in [3.63, 3.8) is 0 Å². The van der Waals surface area contributed by atoms with Crippen molar-refractivity contribution >= 4 is 17.7 Å². The number of amides is 1. The lowest BCUT2D eigenvalue weighted by Gasteiger charge is -2.10. The fourth-order valence-corrected chi connectivity index (χ4v) is 2.04. The van der Waals surface area contributed by atoms with E-state index in [1.165, 1.54) is 6.20 Å². The summed E-state index contributed by atoms with van der Waals surface area (Å²) in [7, 11) is 1.62. The molecule has 0 aliphatic carbocycles. The Morgan fingerprint density at radius 2 is 2.00 bits per heavy atom. The summed E-state index contributed by atoms with van der Waals surface area (Å²) in [6.07, 6.45) is 1.36. The van der Waals surface area contributed by atoms with E-state index in [2.05, 4.69) is 27.6 Å². The van der Waals surface area contributed by atoms with Crippen LogP contribution in [-0.2, 0) is 16.1 Å². The van der Waals surface area contributed by atoms with E-state index in [-0.39, 0.29) is 24.5 Å². The topological polar surface area (TPSA) is 102 Å². The SMILES string of the molecule is CCOC(=O)Cn1cc(C#CNC)c(NC(=O)c2ccccc2)nc1=O. The van der Waals surface area contributed by atoms with Gasteiger partial charge in [0.25, 0.3) is 5.91 Å². The van der Waals surface area contributed by atoms with Crippen molar-refractivity contribution in [1.82, 2.24) is 14.9 Å². The third-order valence-corrected chi connectivity index (χ3v) is 3.19. The van der Waals surface area contributed by atoms with Crippen LogP contribution in [0.15, 0.2) is 41.3 Å². The van der Waals surface area contributed by atoms with Gasteiger partial charge in [0.15, 0.2) is 5.82 Å². The Balaban J connectivity index is 2.35. The number of anilines is 1. The molecule has 0 unspecified atom stereocenters. The zero-order valence-electron chi connectivity index (χ0n) is 14.4. The van der Waals surface area contributed by atoms with Crippen LogP contribution in [-0.4, -0.2) is 35.1 Å². The molecule has 1 aromatic carbocycles. The minimum absolute atomic E-state index is 0.0201. The van der Waals surface area contributed by atoms with Crippen LogP contribution in [0.25, 0.3) is 0 Å². The third kappa shape index (κ3) is 4.95. The van der Waals surface area contributed by atoms with Gasteiger partial charge < -0.3 is 15.4 Å². The second-order valence-electron chi connectivity index (χ2n) is 5.04. The number of carbonyl (C=O) groups excluding carboxylic acids is 2. The van der Waals surface area contributed by atoms with Crippen molar-refractivity contribution in [2.24, 2.45) is 0 Å². The first-order valence-electron chi connectivity index (χ1n) is 7.86. The zero-order valence-corrected chi connectivity index (χ0v) is 14.4. The highest BCUT2D eigenvalue weighted by molar-refractivity contribution is 6.04. The van der Waals surface area contributed by atoms with Crippen LogP contribution in [0.2, 0.25) is 0 Å². The lowest BCUT2D eigenvalue weighted by molar-refractivity contribution is -0.143. The normalized spacial score (nSPS) is 9.62. The minimum Gasteiger partial charge on any atom is -0.465 e. The van der Waals surface area contributed by atoms with Gasteiger partial charge in [-0.1, -0.05) is 18.2 Å². The number of rotatable bonds is 5. The number of hydrogen-bond acceptors (Lipinski definition) is 6. The van der Waals surface area contributed by atoms with Gasteiger partial charge in [0, 0.05) is 24.9 Å². The minimum atomic E-state index is -0.698. The highest BCUT2D eigenvalue weighted by Crippen LogP contribution is 2.10. The Kier molecular flexibility index (Phi) is 6.51. The van der Waals surface area contributed by atoms with Gasteiger partial charge in [0.05, 0.1) is 12.2 Å². The standard InChI is InChI=1S/C18H18N4O4/c1-3-26-15(23)12-22-11-14(9-10-19-2)16(21-18(22)25)20-17(24)13-7-5-4-6-8-13/h4-8,11,19H,3,12H2,1-2H3,(H,20,21,24,25). The second-order valence-corrected chi connectivity index (χ2v) is 5.04. The van der Waals surface area contributed by atoms with Crippen molar-refractivity contribution in [1.29, 1.82) is 0 Å². The predicted octanol–water partition coefficient (Wildman–Crippen LogP) is 0.587. The predicted molar refractivity (Wildman–Crippen MR) is 95.5 cm³/mol. The molecular formula is C18H18N4O4. The molecule has 0 saturated carbocycles. The van der Waals surface area contributed by atoms with Gasteiger partial charge in [0.2, 0.25) is 0 Å². The number of carbonyl (C=O) groups is 2. The lowest BCUT2D eigenvalue weighted by Crippen LogP contribution is -2.29. The Morgan fingerprint density at radius 1 is 1.27 bits per heavy atom. The number of nitrogens with one attached hydrogen (secondary N) is 2. The maximum atomic E-state index is 12.3. The van der Waals surface area contributed by atoms with Gasteiger partial charge in [-0.15, -0.1) is 0 Å². The quantitative estimate of drug-likeness (QED) is 0.463. The van der Waals surface area contributed by atoms with E-state index in [0.29, 0.717) is 5.56 Å². The average Bonchev–Trinajstić information content (AvgIpc) is 2.63. The molecule has 8 heteroatoms. The van der Waals surface area contributed by atoms with E-state index < -0.39 is 17.6 Å². The monoisotopic (exact) mass is 354 g/mol. The summed E-state index contributed by atoms with van der Waals surface area (Å²) in [6.45, 7) is 1.59. The molecule has 0 aliphatic heterocycles. The molecule has 2 aromatic rings. The summed E-state index contributed by atoms with van der Waals surface area (Å²) in [5.41, 5.74) is 0.00137. The fraction of sp³-hybridized carbons (Fsp3) is 0.222. The highest BCUT2D eigenvalue weighted by Gasteiger charge is 2.14. The Bertz CT molecular complexity index is 910. The van der Waals surface area contributed by atoms with Gasteiger partial charge in [-0.25, -0.2) is 4.79 Å². The van der Waals surface area contributed by atoms with Crippen LogP contribution >= 0.6 is 0 Å². The van der Waals surface area contributed by atoms with Gasteiger partial charge in [-0.3, -0.25) is 14.2 Å². The molecule has 0 radical (unpaired) electrons. The van der Waals surface area contributed by atoms with E-state index in [4.69, 9.17) is 4.74 Å². The van der Waals surface area contributed by atoms with E-state index in [0.717, 1.165) is 4.57 Å². The van der Waals surface area contributed by atoms with E-state index in [1.807, 2.05) is 0 Å². The molecule has 1 heterocycles. The van der Waals surface area contributed by atoms with Crippen LogP contribution in [0.5, 0.6) is 0 Å². The first kappa shape index (κ1) is 18.7. The third-order valence-electron chi connectivity index (χ3n) is 3.19. The number of benzene rings is 1. The van der Waals surface area contributed by atoms with E-state index in [9.17, 15) is 14.4 Å². The number of hydrogen-bond donors (Lipinski definition) is 2. The maximum absolute atomic E-state index is 12.3. The smallest absolute Gasteiger partial charge is 0.350 e. The summed E-state index contributed by atoms with van der Waals surface area (Å²) in [6, 6.07) is 11.1. The number of aromatic nitrogens is 2. The zero-order chi connectivity index (χ0) is 18.9. The number of ether oxygens (including phenoxy) is 1. The molecule has 0 fully saturated rings. The van der Waals surface area contributed by atoms with Crippen LogP contribution < -0.4 is 16.3 Å². The largest absolute Gasteiger partial charge is 0.465 e. The molecule has 1 aromatic heterocycles. The molecular weight excluding hydrogens is 336 g/mol. The van der Waals surface area contributed by atoms with E-state index >= 15 is 0 Å². The molecule has 134 valence electrons. The molecule has 8 nitrogen and oxygen atoms in total. The maximum Gasteiger partial charge on any atom is 0.350 e. The number of esters is 1. The average molecular weight is 354 g/mol. The molecule has 0 saturated heterocycles. The van der Waals surface area contributed by atoms with Crippen molar-refractivity contribution in [2.75, 3.05) is 19.0 Å². The molecule has 26 heavy (non-hydrogen) atoms. The molecule has 0 atom stereocenters. The summed E-state index contributed by atoms with van der Waals surface area (Å²) < 4.78 is 5.91. The molecule has 0 spiro atoms. The van der Waals surface area contributed by atoms with Gasteiger partial charge in [-0.05, 0) is 25.0 Å². The molecule has 1 amide bonds. The first-order chi connectivity index (χ1) is 12.5. The van der Waals surface area contributed by atoms with Crippen LogP contribution in [0.1, 0.15) is 22.8 Å². The van der Waals surface area contributed by atoms with Crippen molar-refractivity contribution in [2.45, 2.75) is 13.5 Å². The first-order valence-corrected chi connectivity index (χ1v) is 7.86. The molecule has 0 bridgehead atoms. The summed E-state index contributed by atoms with van der Waals surface area (Å²) in [5, 5.41) is 5.22. The van der Waals surface area contributed by atoms with Gasteiger partial charge in [0.1, 0.15) is 6.54 Å². The molecule has 2 rings (SSSR count). The van der Waals surface area contributed by atoms with Gasteiger partial charge in [-0.2, -0.15) is 4.98 Å².